The standard InChI is InChI=1S/C22H22N4O4/c1-2-29-18-5-9-23-17-4-3-14(13-16(17)18)26-20-19(30-15-7-11-28-12-8-15)6-10-24-21(20)25-22(26)27/h3-6,9-10,13,15H,2,7-8,11-12H2,1H3,(H,24,25,27). The van der Waals surface area contributed by atoms with Crippen LogP contribution < -0.4 is 15.2 Å². The van der Waals surface area contributed by atoms with E-state index in [1.165, 1.54) is 0 Å². The number of hydrogen-bond acceptors (Lipinski definition) is 6. The van der Waals surface area contributed by atoms with Gasteiger partial charge in [-0.25, -0.2) is 9.78 Å². The fourth-order valence-corrected chi connectivity index (χ4v) is 3.85. The Morgan fingerprint density at radius 1 is 1.13 bits per heavy atom. The number of H-pyrrole nitrogens is 1. The van der Waals surface area contributed by atoms with Crippen molar-refractivity contribution in [2.75, 3.05) is 19.8 Å². The molecule has 1 N–H and O–H groups in total. The highest BCUT2D eigenvalue weighted by molar-refractivity contribution is 5.88. The highest BCUT2D eigenvalue weighted by atomic mass is 16.5. The molecule has 0 atom stereocenters. The molecule has 4 heterocycles. The van der Waals surface area contributed by atoms with Gasteiger partial charge in [-0.1, -0.05) is 0 Å². The lowest BCUT2D eigenvalue weighted by Crippen LogP contribution is -2.26. The summed E-state index contributed by atoms with van der Waals surface area (Å²) in [7, 11) is 0. The van der Waals surface area contributed by atoms with E-state index < -0.39 is 0 Å². The number of aromatic nitrogens is 4. The van der Waals surface area contributed by atoms with Gasteiger partial charge in [0.1, 0.15) is 23.1 Å². The maximum absolute atomic E-state index is 12.9. The van der Waals surface area contributed by atoms with Gasteiger partial charge in [0, 0.05) is 36.7 Å². The molecule has 1 aliphatic rings. The smallest absolute Gasteiger partial charge is 0.332 e. The second kappa shape index (κ2) is 7.79. The average Bonchev–Trinajstić information content (AvgIpc) is 3.11. The number of aromatic amines is 1. The lowest BCUT2D eigenvalue weighted by molar-refractivity contribution is 0.0260. The molecule has 0 unspecified atom stereocenters. The molecule has 8 nitrogen and oxygen atoms in total. The van der Waals surface area contributed by atoms with Crippen molar-refractivity contribution in [1.29, 1.82) is 0 Å². The first kappa shape index (κ1) is 18.6. The number of rotatable bonds is 5. The lowest BCUT2D eigenvalue weighted by Gasteiger charge is -2.23. The van der Waals surface area contributed by atoms with Gasteiger partial charge in [-0.15, -0.1) is 0 Å². The highest BCUT2D eigenvalue weighted by Crippen LogP contribution is 2.30. The monoisotopic (exact) mass is 406 g/mol. The predicted octanol–water partition coefficient (Wildman–Crippen LogP) is 3.22. The van der Waals surface area contributed by atoms with E-state index in [0.717, 1.165) is 29.5 Å². The van der Waals surface area contributed by atoms with Crippen LogP contribution in [0.2, 0.25) is 0 Å². The van der Waals surface area contributed by atoms with E-state index in [0.29, 0.717) is 42.4 Å². The van der Waals surface area contributed by atoms with Gasteiger partial charge in [-0.2, -0.15) is 0 Å². The summed E-state index contributed by atoms with van der Waals surface area (Å²) in [5, 5.41) is 0.842. The summed E-state index contributed by atoms with van der Waals surface area (Å²) in [4.78, 5) is 24.4. The van der Waals surface area contributed by atoms with Crippen molar-refractivity contribution in [3.05, 3.63) is 53.2 Å². The van der Waals surface area contributed by atoms with Crippen molar-refractivity contribution in [3.63, 3.8) is 0 Å². The van der Waals surface area contributed by atoms with E-state index in [-0.39, 0.29) is 11.8 Å². The number of fused-ring (bicyclic) bond motifs is 2. The molecule has 0 amide bonds. The highest BCUT2D eigenvalue weighted by Gasteiger charge is 2.20. The van der Waals surface area contributed by atoms with E-state index in [1.807, 2.05) is 31.2 Å². The Morgan fingerprint density at radius 3 is 2.77 bits per heavy atom. The molecule has 1 aliphatic heterocycles. The third-order valence-electron chi connectivity index (χ3n) is 5.24. The van der Waals surface area contributed by atoms with Crippen LogP contribution in [0.5, 0.6) is 11.5 Å². The Labute approximate surface area is 172 Å². The molecule has 1 fully saturated rings. The lowest BCUT2D eigenvalue weighted by atomic mass is 10.1. The van der Waals surface area contributed by atoms with Crippen molar-refractivity contribution in [1.82, 2.24) is 19.5 Å². The minimum atomic E-state index is -0.276. The quantitative estimate of drug-likeness (QED) is 0.547. The fraction of sp³-hybridized carbons (Fsp3) is 0.318. The molecular formula is C22H22N4O4. The molecule has 8 heteroatoms. The van der Waals surface area contributed by atoms with Gasteiger partial charge >= 0.3 is 5.69 Å². The van der Waals surface area contributed by atoms with Crippen LogP contribution >= 0.6 is 0 Å². The fourth-order valence-electron chi connectivity index (χ4n) is 3.85. The normalized spacial score (nSPS) is 15.0. The van der Waals surface area contributed by atoms with E-state index >= 15 is 0 Å². The molecule has 1 aromatic carbocycles. The van der Waals surface area contributed by atoms with Crippen LogP contribution in [-0.2, 0) is 4.74 Å². The van der Waals surface area contributed by atoms with Crippen molar-refractivity contribution < 1.29 is 14.2 Å². The molecule has 5 rings (SSSR count). The molecule has 30 heavy (non-hydrogen) atoms. The van der Waals surface area contributed by atoms with Crippen molar-refractivity contribution >= 4 is 22.1 Å². The molecule has 0 bridgehead atoms. The Kier molecular flexibility index (Phi) is 4.84. The minimum absolute atomic E-state index is 0.0492. The zero-order valence-electron chi connectivity index (χ0n) is 16.6. The van der Waals surface area contributed by atoms with Crippen LogP contribution in [0.3, 0.4) is 0 Å². The first-order valence-corrected chi connectivity index (χ1v) is 10.1. The van der Waals surface area contributed by atoms with Gasteiger partial charge in [-0.3, -0.25) is 14.5 Å². The second-order valence-electron chi connectivity index (χ2n) is 7.14. The number of imidazole rings is 1. The van der Waals surface area contributed by atoms with Gasteiger partial charge in [-0.05, 0) is 31.2 Å². The maximum Gasteiger partial charge on any atom is 0.332 e. The summed E-state index contributed by atoms with van der Waals surface area (Å²) < 4.78 is 19.0. The number of benzene rings is 1. The summed E-state index contributed by atoms with van der Waals surface area (Å²) in [5.74, 6) is 1.36. The van der Waals surface area contributed by atoms with E-state index in [1.54, 1.807) is 23.0 Å². The Morgan fingerprint density at radius 2 is 1.93 bits per heavy atom. The van der Waals surface area contributed by atoms with Gasteiger partial charge in [0.15, 0.2) is 5.65 Å². The molecule has 0 spiro atoms. The van der Waals surface area contributed by atoms with Crippen molar-refractivity contribution in [3.8, 4) is 17.2 Å². The minimum Gasteiger partial charge on any atom is -0.493 e. The first-order chi connectivity index (χ1) is 14.7. The number of nitrogens with one attached hydrogen (secondary N) is 1. The van der Waals surface area contributed by atoms with Crippen LogP contribution in [0, 0.1) is 0 Å². The maximum atomic E-state index is 12.9. The molecule has 0 aliphatic carbocycles. The average molecular weight is 406 g/mol. The van der Waals surface area contributed by atoms with Crippen LogP contribution in [-0.4, -0.2) is 45.4 Å². The molecule has 154 valence electrons. The van der Waals surface area contributed by atoms with Crippen molar-refractivity contribution in [2.24, 2.45) is 0 Å². The van der Waals surface area contributed by atoms with Gasteiger partial charge in [0.2, 0.25) is 0 Å². The third-order valence-corrected chi connectivity index (χ3v) is 5.24. The molecule has 0 radical (unpaired) electrons. The van der Waals surface area contributed by atoms with Gasteiger partial charge < -0.3 is 14.2 Å². The predicted molar refractivity (Wildman–Crippen MR) is 113 cm³/mol. The third kappa shape index (κ3) is 3.29. The number of nitrogens with zero attached hydrogens (tertiary/aromatic N) is 3. The summed E-state index contributed by atoms with van der Waals surface area (Å²) in [6.45, 7) is 3.84. The zero-order chi connectivity index (χ0) is 20.5. The number of pyridine rings is 2. The summed E-state index contributed by atoms with van der Waals surface area (Å²) >= 11 is 0. The molecule has 1 saturated heterocycles. The topological polar surface area (TPSA) is 91.3 Å². The number of ether oxygens (including phenoxy) is 3. The largest absolute Gasteiger partial charge is 0.493 e. The van der Waals surface area contributed by atoms with Gasteiger partial charge in [0.05, 0.1) is 31.0 Å². The zero-order valence-corrected chi connectivity index (χ0v) is 16.6. The second-order valence-corrected chi connectivity index (χ2v) is 7.14. The Bertz CT molecular complexity index is 1260. The Hall–Kier alpha value is -3.39. The van der Waals surface area contributed by atoms with Gasteiger partial charge in [0.25, 0.3) is 0 Å². The number of hydrogen-bond donors (Lipinski definition) is 1. The van der Waals surface area contributed by atoms with E-state index in [4.69, 9.17) is 14.2 Å². The first-order valence-electron chi connectivity index (χ1n) is 10.1. The molecular weight excluding hydrogens is 384 g/mol. The van der Waals surface area contributed by atoms with Crippen LogP contribution in [0.4, 0.5) is 0 Å². The SMILES string of the molecule is CCOc1ccnc2ccc(-n3c(=O)[nH]c4nccc(OC5CCOCC5)c43)cc12. The molecule has 0 saturated carbocycles. The van der Waals surface area contributed by atoms with E-state index in [2.05, 4.69) is 15.0 Å². The van der Waals surface area contributed by atoms with E-state index in [9.17, 15) is 4.79 Å². The van der Waals surface area contributed by atoms with Crippen LogP contribution in [0.25, 0.3) is 27.8 Å². The summed E-state index contributed by atoms with van der Waals surface area (Å²) in [5.41, 5.74) is 2.32. The van der Waals surface area contributed by atoms with Crippen molar-refractivity contribution in [2.45, 2.75) is 25.9 Å². The van der Waals surface area contributed by atoms with Crippen LogP contribution in [0.1, 0.15) is 19.8 Å². The Balaban J connectivity index is 1.66. The summed E-state index contributed by atoms with van der Waals surface area (Å²) in [6.07, 6.45) is 5.05. The van der Waals surface area contributed by atoms with Crippen LogP contribution in [0.15, 0.2) is 47.5 Å². The molecule has 4 aromatic rings. The summed E-state index contributed by atoms with van der Waals surface area (Å²) in [6, 6.07) is 9.29. The molecule has 3 aromatic heterocycles.